The number of halogens is 1. The number of hydrogen-bond donors (Lipinski definition) is 2. The lowest BCUT2D eigenvalue weighted by molar-refractivity contribution is -0.141. The van der Waals surface area contributed by atoms with Crippen LogP contribution in [0.4, 0.5) is 4.39 Å². The van der Waals surface area contributed by atoms with Gasteiger partial charge in [0, 0.05) is 18.5 Å². The van der Waals surface area contributed by atoms with Crippen LogP contribution in [-0.2, 0) is 4.79 Å². The molecule has 1 saturated heterocycles. The highest BCUT2D eigenvalue weighted by molar-refractivity contribution is 5.97. The summed E-state index contributed by atoms with van der Waals surface area (Å²) in [6.45, 7) is 1.51. The smallest absolute Gasteiger partial charge is 0.326 e. The second-order valence-corrected chi connectivity index (χ2v) is 4.67. The van der Waals surface area contributed by atoms with Gasteiger partial charge in [0.25, 0.3) is 5.91 Å². The predicted molar refractivity (Wildman–Crippen MR) is 64.2 cm³/mol. The van der Waals surface area contributed by atoms with Gasteiger partial charge >= 0.3 is 5.97 Å². The molecule has 2 rings (SSSR count). The third-order valence-electron chi connectivity index (χ3n) is 3.23. The standard InChI is InChI=1S/C13H14FNO4/c1-7-4-8(2-3-10(7)14)12(17)15-6-9(16)5-11(15)13(18)19/h2-4,9,11,16H,5-6H2,1H3,(H,18,19)/t9-,11-/m0/s1. The molecule has 1 heterocycles. The molecule has 2 atom stereocenters. The van der Waals surface area contributed by atoms with Crippen LogP contribution in [0.3, 0.4) is 0 Å². The summed E-state index contributed by atoms with van der Waals surface area (Å²) < 4.78 is 13.1. The van der Waals surface area contributed by atoms with Gasteiger partial charge in [-0.1, -0.05) is 0 Å². The highest BCUT2D eigenvalue weighted by Crippen LogP contribution is 2.21. The minimum Gasteiger partial charge on any atom is -0.480 e. The van der Waals surface area contributed by atoms with Crippen molar-refractivity contribution in [3.63, 3.8) is 0 Å². The number of carbonyl (C=O) groups excluding carboxylic acids is 1. The van der Waals surface area contributed by atoms with E-state index in [4.69, 9.17) is 5.11 Å². The lowest BCUT2D eigenvalue weighted by Crippen LogP contribution is -2.40. The van der Waals surface area contributed by atoms with Crippen molar-refractivity contribution in [2.45, 2.75) is 25.5 Å². The molecule has 19 heavy (non-hydrogen) atoms. The van der Waals surface area contributed by atoms with Crippen molar-refractivity contribution in [2.75, 3.05) is 6.54 Å². The largest absolute Gasteiger partial charge is 0.480 e. The Morgan fingerprint density at radius 2 is 2.11 bits per heavy atom. The van der Waals surface area contributed by atoms with Crippen LogP contribution in [-0.4, -0.2) is 45.7 Å². The molecule has 0 spiro atoms. The number of rotatable bonds is 2. The first-order valence-electron chi connectivity index (χ1n) is 5.88. The van der Waals surface area contributed by atoms with Crippen LogP contribution in [0.2, 0.25) is 0 Å². The molecule has 0 radical (unpaired) electrons. The Balaban J connectivity index is 2.27. The number of amides is 1. The van der Waals surface area contributed by atoms with E-state index in [2.05, 4.69) is 0 Å². The summed E-state index contributed by atoms with van der Waals surface area (Å²) in [5, 5.41) is 18.5. The SMILES string of the molecule is Cc1cc(C(=O)N2C[C@@H](O)C[C@H]2C(=O)O)ccc1F. The Kier molecular flexibility index (Phi) is 3.53. The predicted octanol–water partition coefficient (Wildman–Crippen LogP) is 0.794. The third-order valence-corrected chi connectivity index (χ3v) is 3.23. The van der Waals surface area contributed by atoms with Crippen LogP contribution in [0, 0.1) is 12.7 Å². The number of carboxylic acids is 1. The first kappa shape index (κ1) is 13.5. The Morgan fingerprint density at radius 3 is 2.68 bits per heavy atom. The maximum absolute atomic E-state index is 13.1. The zero-order chi connectivity index (χ0) is 14.2. The summed E-state index contributed by atoms with van der Waals surface area (Å²) >= 11 is 0. The normalized spacial score (nSPS) is 22.6. The Hall–Kier alpha value is -1.95. The van der Waals surface area contributed by atoms with Crippen LogP contribution < -0.4 is 0 Å². The van der Waals surface area contributed by atoms with Gasteiger partial charge in [-0.3, -0.25) is 4.79 Å². The van der Waals surface area contributed by atoms with Gasteiger partial charge in [-0.25, -0.2) is 9.18 Å². The molecule has 6 heteroatoms. The van der Waals surface area contributed by atoms with Gasteiger partial charge in [0.2, 0.25) is 0 Å². The van der Waals surface area contributed by atoms with Crippen molar-refractivity contribution in [1.82, 2.24) is 4.90 Å². The summed E-state index contributed by atoms with van der Waals surface area (Å²) in [5.41, 5.74) is 0.539. The summed E-state index contributed by atoms with van der Waals surface area (Å²) in [5.74, 6) is -2.08. The Labute approximate surface area is 109 Å². The van der Waals surface area contributed by atoms with Crippen LogP contribution >= 0.6 is 0 Å². The maximum atomic E-state index is 13.1. The van der Waals surface area contributed by atoms with Gasteiger partial charge in [-0.15, -0.1) is 0 Å². The van der Waals surface area contributed by atoms with E-state index >= 15 is 0 Å². The molecule has 1 aromatic carbocycles. The van der Waals surface area contributed by atoms with Crippen molar-refractivity contribution >= 4 is 11.9 Å². The molecule has 0 aromatic heterocycles. The topological polar surface area (TPSA) is 77.8 Å². The first-order valence-corrected chi connectivity index (χ1v) is 5.88. The molecule has 102 valence electrons. The van der Waals surface area contributed by atoms with E-state index < -0.39 is 29.8 Å². The second kappa shape index (κ2) is 4.97. The van der Waals surface area contributed by atoms with E-state index in [0.29, 0.717) is 5.56 Å². The van der Waals surface area contributed by atoms with Gasteiger partial charge in [-0.05, 0) is 30.7 Å². The minimum absolute atomic E-state index is 0.0151. The van der Waals surface area contributed by atoms with Gasteiger partial charge < -0.3 is 15.1 Å². The number of carbonyl (C=O) groups is 2. The number of carboxylic acid groups (broad SMARTS) is 1. The summed E-state index contributed by atoms with van der Waals surface area (Å²) in [6, 6.07) is 2.83. The number of β-amino-alcohol motifs (C(OH)–C–C–N with tert-alkyl or cyclic N) is 1. The molecule has 5 nitrogen and oxygen atoms in total. The van der Waals surface area contributed by atoms with Crippen LogP contribution in [0.1, 0.15) is 22.3 Å². The van der Waals surface area contributed by atoms with E-state index in [1.54, 1.807) is 0 Å². The molecule has 2 N–H and O–H groups in total. The number of likely N-dealkylation sites (tertiary alicyclic amines) is 1. The lowest BCUT2D eigenvalue weighted by Gasteiger charge is -2.21. The molecular weight excluding hydrogens is 253 g/mol. The van der Waals surface area contributed by atoms with Crippen molar-refractivity contribution in [2.24, 2.45) is 0 Å². The van der Waals surface area contributed by atoms with E-state index in [0.717, 1.165) is 4.90 Å². The summed E-state index contributed by atoms with van der Waals surface area (Å²) in [7, 11) is 0. The molecule has 1 amide bonds. The number of nitrogens with zero attached hydrogens (tertiary/aromatic N) is 1. The van der Waals surface area contributed by atoms with Gasteiger partial charge in [0.05, 0.1) is 6.10 Å². The van der Waals surface area contributed by atoms with Crippen molar-refractivity contribution in [3.8, 4) is 0 Å². The number of aliphatic carboxylic acids is 1. The highest BCUT2D eigenvalue weighted by Gasteiger charge is 2.39. The van der Waals surface area contributed by atoms with E-state index in [1.165, 1.54) is 25.1 Å². The number of aliphatic hydroxyl groups is 1. The number of aliphatic hydroxyl groups excluding tert-OH is 1. The third kappa shape index (κ3) is 2.58. The molecular formula is C13H14FNO4. The van der Waals surface area contributed by atoms with Gasteiger partial charge in [0.15, 0.2) is 0 Å². The van der Waals surface area contributed by atoms with Crippen LogP contribution in [0.15, 0.2) is 18.2 Å². The second-order valence-electron chi connectivity index (χ2n) is 4.67. The summed E-state index contributed by atoms with van der Waals surface area (Å²) in [4.78, 5) is 24.4. The van der Waals surface area contributed by atoms with Gasteiger partial charge in [0.1, 0.15) is 11.9 Å². The maximum Gasteiger partial charge on any atom is 0.326 e. The van der Waals surface area contributed by atoms with Gasteiger partial charge in [-0.2, -0.15) is 0 Å². The van der Waals surface area contributed by atoms with E-state index in [-0.39, 0.29) is 18.5 Å². The molecule has 1 aliphatic rings. The summed E-state index contributed by atoms with van der Waals surface area (Å²) in [6.07, 6.45) is -0.826. The zero-order valence-electron chi connectivity index (χ0n) is 10.3. The molecule has 1 fully saturated rings. The number of hydrogen-bond acceptors (Lipinski definition) is 3. The van der Waals surface area contributed by atoms with E-state index in [1.807, 2.05) is 0 Å². The quantitative estimate of drug-likeness (QED) is 0.830. The van der Waals surface area contributed by atoms with Crippen LogP contribution in [0.25, 0.3) is 0 Å². The first-order chi connectivity index (χ1) is 8.90. The molecule has 0 saturated carbocycles. The fraction of sp³-hybridized carbons (Fsp3) is 0.385. The van der Waals surface area contributed by atoms with Crippen molar-refractivity contribution in [3.05, 3.63) is 35.1 Å². The Bertz CT molecular complexity index is 531. The molecule has 1 aliphatic heterocycles. The van der Waals surface area contributed by atoms with Crippen LogP contribution in [0.5, 0.6) is 0 Å². The van der Waals surface area contributed by atoms with E-state index in [9.17, 15) is 19.1 Å². The van der Waals surface area contributed by atoms with Crippen molar-refractivity contribution in [1.29, 1.82) is 0 Å². The number of aryl methyl sites for hydroxylation is 1. The van der Waals surface area contributed by atoms with Crippen molar-refractivity contribution < 1.29 is 24.2 Å². The molecule has 0 aliphatic carbocycles. The zero-order valence-corrected chi connectivity index (χ0v) is 10.3. The Morgan fingerprint density at radius 1 is 1.42 bits per heavy atom. The monoisotopic (exact) mass is 267 g/mol. The lowest BCUT2D eigenvalue weighted by atomic mass is 10.1. The fourth-order valence-corrected chi connectivity index (χ4v) is 2.22. The molecule has 1 aromatic rings. The average Bonchev–Trinajstić information content (AvgIpc) is 2.74. The number of benzene rings is 1. The molecule has 0 bridgehead atoms. The minimum atomic E-state index is -1.15. The highest BCUT2D eigenvalue weighted by atomic mass is 19.1. The average molecular weight is 267 g/mol. The fourth-order valence-electron chi connectivity index (χ4n) is 2.22. The molecule has 0 unspecified atom stereocenters.